The van der Waals surface area contributed by atoms with E-state index in [0.29, 0.717) is 23.0 Å². The van der Waals surface area contributed by atoms with E-state index in [1.54, 1.807) is 18.2 Å². The SMILES string of the molecule is CC(NCc1c(O)cccc1Cl)c1nn[nH]n1. The van der Waals surface area contributed by atoms with Crippen LogP contribution in [0.15, 0.2) is 18.2 Å². The number of rotatable bonds is 4. The second-order valence-corrected chi connectivity index (χ2v) is 4.02. The summed E-state index contributed by atoms with van der Waals surface area (Å²) in [5.74, 6) is 0.738. The Labute approximate surface area is 103 Å². The fraction of sp³-hybridized carbons (Fsp3) is 0.300. The van der Waals surface area contributed by atoms with E-state index in [1.807, 2.05) is 6.92 Å². The Bertz CT molecular complexity index is 467. The number of aromatic nitrogens is 4. The molecule has 1 atom stereocenters. The summed E-state index contributed by atoms with van der Waals surface area (Å²) in [6, 6.07) is 4.95. The van der Waals surface area contributed by atoms with Crippen molar-refractivity contribution in [1.29, 1.82) is 0 Å². The molecule has 17 heavy (non-hydrogen) atoms. The van der Waals surface area contributed by atoms with E-state index in [9.17, 15) is 5.11 Å². The number of halogens is 1. The minimum absolute atomic E-state index is 0.0792. The lowest BCUT2D eigenvalue weighted by molar-refractivity contribution is 0.458. The number of phenolic OH excluding ortho intramolecular Hbond substituents is 1. The predicted octanol–water partition coefficient (Wildman–Crippen LogP) is 1.41. The summed E-state index contributed by atoms with van der Waals surface area (Å²) >= 11 is 5.99. The number of aromatic amines is 1. The van der Waals surface area contributed by atoms with Gasteiger partial charge in [-0.05, 0) is 19.1 Å². The first kappa shape index (κ1) is 11.8. The average Bonchev–Trinajstić information content (AvgIpc) is 2.81. The van der Waals surface area contributed by atoms with Crippen LogP contribution in [0.1, 0.15) is 24.4 Å². The predicted molar refractivity (Wildman–Crippen MR) is 62.5 cm³/mol. The molecule has 1 aromatic heterocycles. The Morgan fingerprint density at radius 3 is 3.00 bits per heavy atom. The van der Waals surface area contributed by atoms with Crippen molar-refractivity contribution in [1.82, 2.24) is 25.9 Å². The van der Waals surface area contributed by atoms with Crippen molar-refractivity contribution < 1.29 is 5.11 Å². The minimum atomic E-state index is -0.0792. The number of aromatic hydroxyl groups is 1. The van der Waals surface area contributed by atoms with Crippen molar-refractivity contribution in [3.8, 4) is 5.75 Å². The topological polar surface area (TPSA) is 86.7 Å². The van der Waals surface area contributed by atoms with Gasteiger partial charge in [-0.2, -0.15) is 5.21 Å². The molecule has 0 saturated carbocycles. The number of benzene rings is 1. The number of hydrogen-bond donors (Lipinski definition) is 3. The van der Waals surface area contributed by atoms with Gasteiger partial charge in [-0.15, -0.1) is 10.2 Å². The van der Waals surface area contributed by atoms with E-state index in [0.717, 1.165) is 0 Å². The van der Waals surface area contributed by atoms with Crippen molar-refractivity contribution in [2.75, 3.05) is 0 Å². The molecule has 1 unspecified atom stereocenters. The van der Waals surface area contributed by atoms with E-state index in [-0.39, 0.29) is 11.8 Å². The van der Waals surface area contributed by atoms with Crippen LogP contribution in [-0.2, 0) is 6.54 Å². The van der Waals surface area contributed by atoms with Crippen molar-refractivity contribution in [2.24, 2.45) is 0 Å². The number of nitrogens with zero attached hydrogens (tertiary/aromatic N) is 3. The van der Waals surface area contributed by atoms with Crippen LogP contribution >= 0.6 is 11.6 Å². The Hall–Kier alpha value is -1.66. The third-order valence-electron chi connectivity index (χ3n) is 2.43. The van der Waals surface area contributed by atoms with Gasteiger partial charge in [-0.1, -0.05) is 22.9 Å². The maximum atomic E-state index is 9.66. The fourth-order valence-corrected chi connectivity index (χ4v) is 1.66. The summed E-state index contributed by atoms with van der Waals surface area (Å²) in [5.41, 5.74) is 0.657. The molecule has 1 aromatic carbocycles. The quantitative estimate of drug-likeness (QED) is 0.767. The summed E-state index contributed by atoms with van der Waals surface area (Å²) < 4.78 is 0. The van der Waals surface area contributed by atoms with Gasteiger partial charge in [0, 0.05) is 17.1 Å². The molecule has 0 aliphatic carbocycles. The van der Waals surface area contributed by atoms with Gasteiger partial charge in [-0.3, -0.25) is 0 Å². The molecule has 7 heteroatoms. The molecular weight excluding hydrogens is 242 g/mol. The molecule has 0 amide bonds. The van der Waals surface area contributed by atoms with Crippen LogP contribution < -0.4 is 5.32 Å². The largest absolute Gasteiger partial charge is 0.508 e. The first-order chi connectivity index (χ1) is 8.18. The van der Waals surface area contributed by atoms with Gasteiger partial charge in [0.15, 0.2) is 5.82 Å². The average molecular weight is 254 g/mol. The second-order valence-electron chi connectivity index (χ2n) is 3.61. The normalized spacial score (nSPS) is 12.6. The molecule has 0 aliphatic heterocycles. The molecule has 0 radical (unpaired) electrons. The number of H-pyrrole nitrogens is 1. The molecule has 90 valence electrons. The molecule has 0 fully saturated rings. The number of tetrazole rings is 1. The highest BCUT2D eigenvalue weighted by molar-refractivity contribution is 6.31. The highest BCUT2D eigenvalue weighted by atomic mass is 35.5. The van der Waals surface area contributed by atoms with Crippen LogP contribution in [0.5, 0.6) is 5.75 Å². The Kier molecular flexibility index (Phi) is 3.55. The summed E-state index contributed by atoms with van der Waals surface area (Å²) in [7, 11) is 0. The molecule has 0 bridgehead atoms. The first-order valence-corrected chi connectivity index (χ1v) is 5.49. The monoisotopic (exact) mass is 253 g/mol. The highest BCUT2D eigenvalue weighted by Crippen LogP contribution is 2.25. The van der Waals surface area contributed by atoms with Gasteiger partial charge in [-0.25, -0.2) is 0 Å². The zero-order valence-electron chi connectivity index (χ0n) is 9.18. The number of phenols is 1. The molecule has 2 aromatic rings. The number of hydrogen-bond acceptors (Lipinski definition) is 5. The van der Waals surface area contributed by atoms with Crippen molar-refractivity contribution in [3.63, 3.8) is 0 Å². The molecule has 1 heterocycles. The van der Waals surface area contributed by atoms with Crippen molar-refractivity contribution >= 4 is 11.6 Å². The maximum Gasteiger partial charge on any atom is 0.191 e. The lowest BCUT2D eigenvalue weighted by atomic mass is 10.2. The van der Waals surface area contributed by atoms with Crippen LogP contribution in [0.4, 0.5) is 0 Å². The smallest absolute Gasteiger partial charge is 0.191 e. The summed E-state index contributed by atoms with van der Waals surface area (Å²) in [4.78, 5) is 0. The zero-order chi connectivity index (χ0) is 12.3. The van der Waals surface area contributed by atoms with E-state index < -0.39 is 0 Å². The van der Waals surface area contributed by atoms with Crippen LogP contribution in [-0.4, -0.2) is 25.7 Å². The van der Waals surface area contributed by atoms with Crippen LogP contribution in [0.2, 0.25) is 5.02 Å². The lowest BCUT2D eigenvalue weighted by Crippen LogP contribution is -2.19. The summed E-state index contributed by atoms with van der Waals surface area (Å²) in [6.45, 7) is 2.33. The standard InChI is InChI=1S/C10H12ClN5O/c1-6(10-13-15-16-14-10)12-5-7-8(11)3-2-4-9(7)17/h2-4,6,12,17H,5H2,1H3,(H,13,14,15,16). The van der Waals surface area contributed by atoms with Gasteiger partial charge >= 0.3 is 0 Å². The fourth-order valence-electron chi connectivity index (χ4n) is 1.42. The molecule has 3 N–H and O–H groups in total. The lowest BCUT2D eigenvalue weighted by Gasteiger charge is -2.11. The van der Waals surface area contributed by atoms with Crippen LogP contribution in [0, 0.1) is 0 Å². The molecule has 2 rings (SSSR count). The Balaban J connectivity index is 2.03. The highest BCUT2D eigenvalue weighted by Gasteiger charge is 2.12. The molecule has 0 spiro atoms. The van der Waals surface area contributed by atoms with Gasteiger partial charge < -0.3 is 10.4 Å². The molecule has 0 aliphatic rings. The van der Waals surface area contributed by atoms with Gasteiger partial charge in [0.25, 0.3) is 0 Å². The molecular formula is C10H12ClN5O. The Morgan fingerprint density at radius 1 is 1.53 bits per heavy atom. The first-order valence-electron chi connectivity index (χ1n) is 5.11. The van der Waals surface area contributed by atoms with Crippen molar-refractivity contribution in [3.05, 3.63) is 34.6 Å². The van der Waals surface area contributed by atoms with E-state index >= 15 is 0 Å². The van der Waals surface area contributed by atoms with Gasteiger partial charge in [0.05, 0.1) is 6.04 Å². The summed E-state index contributed by atoms with van der Waals surface area (Å²) in [5, 5.41) is 26.9. The minimum Gasteiger partial charge on any atom is -0.508 e. The van der Waals surface area contributed by atoms with E-state index in [2.05, 4.69) is 25.9 Å². The van der Waals surface area contributed by atoms with Gasteiger partial charge in [0.2, 0.25) is 0 Å². The third-order valence-corrected chi connectivity index (χ3v) is 2.78. The third kappa shape index (κ3) is 2.72. The van der Waals surface area contributed by atoms with Gasteiger partial charge in [0.1, 0.15) is 5.75 Å². The summed E-state index contributed by atoms with van der Waals surface area (Å²) in [6.07, 6.45) is 0. The van der Waals surface area contributed by atoms with E-state index in [4.69, 9.17) is 11.6 Å². The van der Waals surface area contributed by atoms with Crippen LogP contribution in [0.3, 0.4) is 0 Å². The molecule has 6 nitrogen and oxygen atoms in total. The Morgan fingerprint density at radius 2 is 2.35 bits per heavy atom. The van der Waals surface area contributed by atoms with Crippen LogP contribution in [0.25, 0.3) is 0 Å². The maximum absolute atomic E-state index is 9.66. The van der Waals surface area contributed by atoms with E-state index in [1.165, 1.54) is 0 Å². The molecule has 0 saturated heterocycles. The van der Waals surface area contributed by atoms with Crippen molar-refractivity contribution in [2.45, 2.75) is 19.5 Å². The zero-order valence-corrected chi connectivity index (χ0v) is 9.94. The number of nitrogens with one attached hydrogen (secondary N) is 2. The second kappa shape index (κ2) is 5.11.